The maximum atomic E-state index is 12.3. The highest BCUT2D eigenvalue weighted by molar-refractivity contribution is 7.89. The molecule has 6 nitrogen and oxygen atoms in total. The Morgan fingerprint density at radius 3 is 2.72 bits per heavy atom. The van der Waals surface area contributed by atoms with Crippen molar-refractivity contribution in [3.05, 3.63) is 52.7 Å². The molecule has 4 rings (SSSR count). The van der Waals surface area contributed by atoms with Gasteiger partial charge in [-0.25, -0.2) is 13.4 Å². The molecule has 0 atom stereocenters. The monoisotopic (exact) mass is 377 g/mol. The molecule has 0 N–H and O–H groups in total. The van der Waals surface area contributed by atoms with Crippen LogP contribution < -0.4 is 9.47 Å². The van der Waals surface area contributed by atoms with E-state index in [-0.39, 0.29) is 11.5 Å². The number of thiazole rings is 1. The molecule has 3 aromatic rings. The lowest BCUT2D eigenvalue weighted by Crippen LogP contribution is -2.15. The standard InChI is InChI=1S/C17H15NO5S2/c19-25(20,10-13-2-1-5-21-13)11-17-18-14(9-24-17)12-3-4-15-16(8-12)23-7-6-22-15/h1-5,8-9H,6-7,10-11H2. The van der Waals surface area contributed by atoms with Gasteiger partial charge >= 0.3 is 0 Å². The van der Waals surface area contributed by atoms with Crippen molar-refractivity contribution in [3.63, 3.8) is 0 Å². The van der Waals surface area contributed by atoms with Gasteiger partial charge in [0.2, 0.25) is 0 Å². The van der Waals surface area contributed by atoms with Crippen molar-refractivity contribution in [3.8, 4) is 22.8 Å². The topological polar surface area (TPSA) is 78.6 Å². The van der Waals surface area contributed by atoms with Gasteiger partial charge in [-0.15, -0.1) is 11.3 Å². The van der Waals surface area contributed by atoms with Gasteiger partial charge in [0.25, 0.3) is 0 Å². The highest BCUT2D eigenvalue weighted by atomic mass is 32.2. The normalized spacial score (nSPS) is 13.8. The van der Waals surface area contributed by atoms with Crippen LogP contribution in [0, 0.1) is 0 Å². The van der Waals surface area contributed by atoms with Gasteiger partial charge in [-0.1, -0.05) is 0 Å². The first kappa shape index (κ1) is 16.2. The predicted molar refractivity (Wildman–Crippen MR) is 93.6 cm³/mol. The number of rotatable bonds is 5. The van der Waals surface area contributed by atoms with E-state index in [1.54, 1.807) is 12.1 Å². The summed E-state index contributed by atoms with van der Waals surface area (Å²) < 4.78 is 40.7. The third-order valence-corrected chi connectivity index (χ3v) is 6.14. The van der Waals surface area contributed by atoms with Crippen LogP contribution in [0.25, 0.3) is 11.3 Å². The summed E-state index contributed by atoms with van der Waals surface area (Å²) in [4.78, 5) is 4.46. The Balaban J connectivity index is 1.52. The number of fused-ring (bicyclic) bond motifs is 1. The lowest BCUT2D eigenvalue weighted by Gasteiger charge is -2.18. The van der Waals surface area contributed by atoms with Crippen LogP contribution in [0.4, 0.5) is 0 Å². The van der Waals surface area contributed by atoms with Crippen LogP contribution in [-0.4, -0.2) is 26.6 Å². The molecule has 0 amide bonds. The molecule has 0 bridgehead atoms. The first-order valence-electron chi connectivity index (χ1n) is 7.66. The number of furan rings is 1. The molecule has 3 heterocycles. The van der Waals surface area contributed by atoms with Crippen molar-refractivity contribution in [2.24, 2.45) is 0 Å². The summed E-state index contributed by atoms with van der Waals surface area (Å²) in [5, 5.41) is 2.40. The van der Waals surface area contributed by atoms with E-state index in [1.807, 2.05) is 23.6 Å². The minimum atomic E-state index is -3.33. The Morgan fingerprint density at radius 1 is 1.08 bits per heavy atom. The zero-order chi connectivity index (χ0) is 17.3. The van der Waals surface area contributed by atoms with Crippen LogP contribution in [0.3, 0.4) is 0 Å². The van der Waals surface area contributed by atoms with Gasteiger partial charge in [0.05, 0.1) is 12.0 Å². The molecule has 2 aromatic heterocycles. The number of ether oxygens (including phenoxy) is 2. The average molecular weight is 377 g/mol. The van der Waals surface area contributed by atoms with Gasteiger partial charge in [-0.3, -0.25) is 0 Å². The second kappa shape index (κ2) is 6.53. The number of nitrogens with zero attached hydrogens (tertiary/aromatic N) is 1. The molecule has 0 unspecified atom stereocenters. The van der Waals surface area contributed by atoms with E-state index in [0.717, 1.165) is 11.3 Å². The Hall–Kier alpha value is -2.32. The van der Waals surface area contributed by atoms with Crippen molar-refractivity contribution in [1.29, 1.82) is 0 Å². The van der Waals surface area contributed by atoms with Crippen LogP contribution >= 0.6 is 11.3 Å². The van der Waals surface area contributed by atoms with E-state index < -0.39 is 9.84 Å². The Labute approximate surface area is 149 Å². The summed E-state index contributed by atoms with van der Waals surface area (Å²) >= 11 is 1.33. The number of sulfone groups is 1. The van der Waals surface area contributed by atoms with Gasteiger partial charge in [0, 0.05) is 10.9 Å². The lowest BCUT2D eigenvalue weighted by molar-refractivity contribution is 0.171. The summed E-state index contributed by atoms with van der Waals surface area (Å²) in [6.45, 7) is 1.06. The third-order valence-electron chi connectivity index (χ3n) is 3.68. The predicted octanol–water partition coefficient (Wildman–Crippen LogP) is 3.29. The van der Waals surface area contributed by atoms with Gasteiger partial charge < -0.3 is 13.9 Å². The molecular weight excluding hydrogens is 362 g/mol. The van der Waals surface area contributed by atoms with Gasteiger partial charge in [-0.05, 0) is 30.3 Å². The van der Waals surface area contributed by atoms with E-state index in [2.05, 4.69) is 4.98 Å². The number of benzene rings is 1. The summed E-state index contributed by atoms with van der Waals surface area (Å²) in [6.07, 6.45) is 1.47. The Kier molecular flexibility index (Phi) is 4.22. The molecule has 1 aliphatic heterocycles. The highest BCUT2D eigenvalue weighted by Gasteiger charge is 2.18. The zero-order valence-corrected chi connectivity index (χ0v) is 14.8. The van der Waals surface area contributed by atoms with Crippen molar-refractivity contribution in [1.82, 2.24) is 4.98 Å². The minimum absolute atomic E-state index is 0.108. The molecule has 8 heteroatoms. The van der Waals surface area contributed by atoms with Crippen molar-refractivity contribution in [2.45, 2.75) is 11.5 Å². The summed E-state index contributed by atoms with van der Waals surface area (Å²) in [7, 11) is -3.33. The minimum Gasteiger partial charge on any atom is -0.486 e. The fourth-order valence-electron chi connectivity index (χ4n) is 2.56. The fourth-order valence-corrected chi connectivity index (χ4v) is 5.10. The number of hydrogen-bond acceptors (Lipinski definition) is 7. The molecule has 0 aliphatic carbocycles. The Bertz CT molecular complexity index is 976. The van der Waals surface area contributed by atoms with E-state index in [4.69, 9.17) is 13.9 Å². The second-order valence-electron chi connectivity index (χ2n) is 5.60. The van der Waals surface area contributed by atoms with Gasteiger partial charge in [-0.2, -0.15) is 0 Å². The van der Waals surface area contributed by atoms with Crippen LogP contribution in [-0.2, 0) is 21.3 Å². The molecule has 0 saturated heterocycles. The quantitative estimate of drug-likeness (QED) is 0.679. The van der Waals surface area contributed by atoms with E-state index in [1.165, 1.54) is 17.6 Å². The van der Waals surface area contributed by atoms with E-state index in [0.29, 0.717) is 35.5 Å². The van der Waals surface area contributed by atoms with Crippen molar-refractivity contribution in [2.75, 3.05) is 13.2 Å². The molecule has 130 valence electrons. The number of hydrogen-bond donors (Lipinski definition) is 0. The second-order valence-corrected chi connectivity index (χ2v) is 8.60. The Morgan fingerprint density at radius 2 is 1.92 bits per heavy atom. The molecule has 25 heavy (non-hydrogen) atoms. The van der Waals surface area contributed by atoms with Crippen LogP contribution in [0.5, 0.6) is 11.5 Å². The largest absolute Gasteiger partial charge is 0.486 e. The van der Waals surface area contributed by atoms with Gasteiger partial charge in [0.15, 0.2) is 21.3 Å². The zero-order valence-electron chi connectivity index (χ0n) is 13.2. The first-order valence-corrected chi connectivity index (χ1v) is 10.4. The van der Waals surface area contributed by atoms with Crippen LogP contribution in [0.2, 0.25) is 0 Å². The third kappa shape index (κ3) is 3.69. The molecule has 0 saturated carbocycles. The molecule has 0 spiro atoms. The number of aromatic nitrogens is 1. The maximum Gasteiger partial charge on any atom is 0.164 e. The van der Waals surface area contributed by atoms with Crippen molar-refractivity contribution >= 4 is 21.2 Å². The molecule has 0 fully saturated rings. The van der Waals surface area contributed by atoms with Crippen LogP contribution in [0.15, 0.2) is 46.4 Å². The van der Waals surface area contributed by atoms with Crippen LogP contribution in [0.1, 0.15) is 10.8 Å². The molecule has 0 radical (unpaired) electrons. The van der Waals surface area contributed by atoms with Gasteiger partial charge in [0.1, 0.15) is 35.5 Å². The van der Waals surface area contributed by atoms with E-state index in [9.17, 15) is 8.42 Å². The van der Waals surface area contributed by atoms with Crippen molar-refractivity contribution < 1.29 is 22.3 Å². The maximum absolute atomic E-state index is 12.3. The molecular formula is C17H15NO5S2. The lowest BCUT2D eigenvalue weighted by atomic mass is 10.1. The first-order chi connectivity index (χ1) is 12.1. The fraction of sp³-hybridized carbons (Fsp3) is 0.235. The SMILES string of the molecule is O=S(=O)(Cc1ccco1)Cc1nc(-c2ccc3c(c2)OCCO3)cs1. The smallest absolute Gasteiger partial charge is 0.164 e. The summed E-state index contributed by atoms with van der Waals surface area (Å²) in [6, 6.07) is 8.93. The van der Waals surface area contributed by atoms with E-state index >= 15 is 0 Å². The highest BCUT2D eigenvalue weighted by Crippen LogP contribution is 2.35. The summed E-state index contributed by atoms with van der Waals surface area (Å²) in [5.41, 5.74) is 1.60. The average Bonchev–Trinajstić information content (AvgIpc) is 3.25. The molecule has 1 aliphatic rings. The summed E-state index contributed by atoms with van der Waals surface area (Å²) in [5.74, 6) is 1.60. The molecule has 1 aromatic carbocycles.